The first kappa shape index (κ1) is 21.3. The molecular formula is C25H23FN6O3. The normalized spacial score (nSPS) is 18.1. The number of anilines is 2. The SMILES string of the molecule is O=C(O)OC1CN(c2cccc(-c3cnc4ccc(N5CCC[C@@H]5c5cccc(F)c5)nn34)n2)C1. The molecule has 0 spiro atoms. The lowest BCUT2D eigenvalue weighted by Crippen LogP contribution is -2.53. The lowest BCUT2D eigenvalue weighted by atomic mass is 10.0. The predicted octanol–water partition coefficient (Wildman–Crippen LogP) is 4.16. The largest absolute Gasteiger partial charge is 0.506 e. The molecule has 6 rings (SSSR count). The summed E-state index contributed by atoms with van der Waals surface area (Å²) in [5.41, 5.74) is 3.12. The molecule has 0 amide bonds. The van der Waals surface area contributed by atoms with Crippen LogP contribution in [0.15, 0.2) is 60.8 Å². The van der Waals surface area contributed by atoms with Crippen molar-refractivity contribution in [3.63, 3.8) is 0 Å². The first-order chi connectivity index (χ1) is 17.0. The molecule has 1 aromatic carbocycles. The van der Waals surface area contributed by atoms with Crippen LogP contribution in [0.5, 0.6) is 0 Å². The van der Waals surface area contributed by atoms with Gasteiger partial charge in [-0.25, -0.2) is 23.7 Å². The Hall–Kier alpha value is -4.21. The zero-order chi connectivity index (χ0) is 23.9. The highest BCUT2D eigenvalue weighted by Gasteiger charge is 2.31. The highest BCUT2D eigenvalue weighted by atomic mass is 19.1. The second kappa shape index (κ2) is 8.53. The van der Waals surface area contributed by atoms with Gasteiger partial charge < -0.3 is 19.6 Å². The fraction of sp³-hybridized carbons (Fsp3) is 0.280. The molecule has 10 heteroatoms. The van der Waals surface area contributed by atoms with E-state index in [9.17, 15) is 9.18 Å². The average Bonchev–Trinajstić information content (AvgIpc) is 3.48. The van der Waals surface area contributed by atoms with Crippen molar-refractivity contribution in [2.45, 2.75) is 25.0 Å². The van der Waals surface area contributed by atoms with Crippen LogP contribution in [-0.4, -0.2) is 56.6 Å². The van der Waals surface area contributed by atoms with Crippen molar-refractivity contribution in [3.8, 4) is 11.4 Å². The van der Waals surface area contributed by atoms with Crippen molar-refractivity contribution in [1.82, 2.24) is 19.6 Å². The minimum Gasteiger partial charge on any atom is -0.450 e. The summed E-state index contributed by atoms with van der Waals surface area (Å²) in [5, 5.41) is 13.7. The summed E-state index contributed by atoms with van der Waals surface area (Å²) in [6, 6.07) is 16.4. The van der Waals surface area contributed by atoms with Crippen LogP contribution in [-0.2, 0) is 4.74 Å². The van der Waals surface area contributed by atoms with E-state index in [0.29, 0.717) is 24.4 Å². The van der Waals surface area contributed by atoms with Gasteiger partial charge in [-0.1, -0.05) is 18.2 Å². The molecule has 9 nitrogen and oxygen atoms in total. The molecule has 178 valence electrons. The van der Waals surface area contributed by atoms with Crippen LogP contribution < -0.4 is 9.80 Å². The minimum atomic E-state index is -1.26. The Bertz CT molecular complexity index is 1400. The van der Waals surface area contributed by atoms with Crippen molar-refractivity contribution < 1.29 is 19.0 Å². The summed E-state index contributed by atoms with van der Waals surface area (Å²) in [6.07, 6.45) is 2.08. The van der Waals surface area contributed by atoms with E-state index in [2.05, 4.69) is 9.88 Å². The van der Waals surface area contributed by atoms with Gasteiger partial charge in [-0.3, -0.25) is 0 Å². The Kier molecular flexibility index (Phi) is 5.20. The maximum absolute atomic E-state index is 13.9. The average molecular weight is 474 g/mol. The summed E-state index contributed by atoms with van der Waals surface area (Å²) in [5.74, 6) is 1.31. The van der Waals surface area contributed by atoms with Gasteiger partial charge in [0.2, 0.25) is 0 Å². The van der Waals surface area contributed by atoms with E-state index in [0.717, 1.165) is 42.3 Å². The van der Waals surface area contributed by atoms with Crippen molar-refractivity contribution >= 4 is 23.4 Å². The monoisotopic (exact) mass is 474 g/mol. The molecular weight excluding hydrogens is 451 g/mol. The van der Waals surface area contributed by atoms with Crippen LogP contribution in [0.4, 0.5) is 20.8 Å². The molecule has 2 saturated heterocycles. The molecule has 2 aliphatic rings. The van der Waals surface area contributed by atoms with Crippen molar-refractivity contribution in [2.75, 3.05) is 29.4 Å². The number of benzene rings is 1. The standard InChI is InChI=1S/C25H23FN6O3/c26-17-5-1-4-16(12-17)20-7-3-11-31(20)24-10-9-22-27-13-21(32(22)29-24)19-6-2-8-23(28-19)30-14-18(15-30)35-25(33)34/h1-2,4-6,8-10,12-13,18,20H,3,7,11,14-15H2,(H,33,34)/t20-/m1/s1. The fourth-order valence-corrected chi connectivity index (χ4v) is 4.88. The number of hydrogen-bond donors (Lipinski definition) is 1. The summed E-state index contributed by atoms with van der Waals surface area (Å²) < 4.78 is 20.5. The van der Waals surface area contributed by atoms with E-state index in [1.165, 1.54) is 6.07 Å². The van der Waals surface area contributed by atoms with Crippen LogP contribution in [0.1, 0.15) is 24.4 Å². The van der Waals surface area contributed by atoms with Gasteiger partial charge in [-0.15, -0.1) is 5.10 Å². The quantitative estimate of drug-likeness (QED) is 0.431. The second-order valence-electron chi connectivity index (χ2n) is 8.80. The highest BCUT2D eigenvalue weighted by molar-refractivity contribution is 5.63. The van der Waals surface area contributed by atoms with Gasteiger partial charge >= 0.3 is 6.16 Å². The molecule has 0 saturated carbocycles. The molecule has 1 N–H and O–H groups in total. The van der Waals surface area contributed by atoms with Gasteiger partial charge in [-0.05, 0) is 54.8 Å². The molecule has 0 aliphatic carbocycles. The van der Waals surface area contributed by atoms with Gasteiger partial charge in [-0.2, -0.15) is 0 Å². The zero-order valence-electron chi connectivity index (χ0n) is 18.8. The molecule has 0 bridgehead atoms. The molecule has 0 radical (unpaired) electrons. The number of pyridine rings is 1. The van der Waals surface area contributed by atoms with Crippen LogP contribution in [0.3, 0.4) is 0 Å². The molecule has 2 fully saturated rings. The molecule has 4 aromatic rings. The summed E-state index contributed by atoms with van der Waals surface area (Å²) in [6.45, 7) is 1.77. The van der Waals surface area contributed by atoms with Crippen molar-refractivity contribution in [1.29, 1.82) is 0 Å². The van der Waals surface area contributed by atoms with E-state index in [1.807, 2.05) is 41.3 Å². The van der Waals surface area contributed by atoms with Crippen LogP contribution in [0, 0.1) is 5.82 Å². The Balaban J connectivity index is 1.29. The third-order valence-corrected chi connectivity index (χ3v) is 6.57. The second-order valence-corrected chi connectivity index (χ2v) is 8.80. The van der Waals surface area contributed by atoms with E-state index >= 15 is 0 Å². The Morgan fingerprint density at radius 2 is 1.94 bits per heavy atom. The van der Waals surface area contributed by atoms with E-state index < -0.39 is 6.16 Å². The van der Waals surface area contributed by atoms with E-state index in [4.69, 9.17) is 19.9 Å². The smallest absolute Gasteiger partial charge is 0.450 e. The number of imidazole rings is 1. The topological polar surface area (TPSA) is 96.1 Å². The molecule has 35 heavy (non-hydrogen) atoms. The summed E-state index contributed by atoms with van der Waals surface area (Å²) in [7, 11) is 0. The van der Waals surface area contributed by atoms with E-state index in [-0.39, 0.29) is 18.0 Å². The number of fused-ring (bicyclic) bond motifs is 1. The lowest BCUT2D eigenvalue weighted by molar-refractivity contribution is 0.0396. The van der Waals surface area contributed by atoms with Crippen LogP contribution in [0.25, 0.3) is 17.0 Å². The van der Waals surface area contributed by atoms with Crippen LogP contribution >= 0.6 is 0 Å². The predicted molar refractivity (Wildman–Crippen MR) is 127 cm³/mol. The third kappa shape index (κ3) is 4.01. The summed E-state index contributed by atoms with van der Waals surface area (Å²) >= 11 is 0. The van der Waals surface area contributed by atoms with Gasteiger partial charge in [0, 0.05) is 6.54 Å². The minimum absolute atomic E-state index is 0.0662. The number of hydrogen-bond acceptors (Lipinski definition) is 7. The summed E-state index contributed by atoms with van der Waals surface area (Å²) in [4.78, 5) is 24.2. The lowest BCUT2D eigenvalue weighted by Gasteiger charge is -2.38. The maximum Gasteiger partial charge on any atom is 0.506 e. The Morgan fingerprint density at radius 1 is 1.09 bits per heavy atom. The van der Waals surface area contributed by atoms with Crippen molar-refractivity contribution in [3.05, 3.63) is 72.2 Å². The zero-order valence-corrected chi connectivity index (χ0v) is 18.8. The highest BCUT2D eigenvalue weighted by Crippen LogP contribution is 2.36. The Labute approximate surface area is 200 Å². The van der Waals surface area contributed by atoms with Crippen LogP contribution in [0.2, 0.25) is 0 Å². The molecule has 2 aliphatic heterocycles. The number of ether oxygens (including phenoxy) is 1. The maximum atomic E-state index is 13.9. The van der Waals surface area contributed by atoms with Gasteiger partial charge in [0.15, 0.2) is 5.65 Å². The molecule has 3 aromatic heterocycles. The number of halogens is 1. The molecule has 5 heterocycles. The first-order valence-corrected chi connectivity index (χ1v) is 11.5. The van der Waals surface area contributed by atoms with Crippen molar-refractivity contribution in [2.24, 2.45) is 0 Å². The fourth-order valence-electron chi connectivity index (χ4n) is 4.88. The molecule has 0 unspecified atom stereocenters. The van der Waals surface area contributed by atoms with Gasteiger partial charge in [0.1, 0.15) is 29.3 Å². The number of carbonyl (C=O) groups is 1. The number of aromatic nitrogens is 4. The van der Waals surface area contributed by atoms with E-state index in [1.54, 1.807) is 22.8 Å². The number of rotatable bonds is 5. The Morgan fingerprint density at radius 3 is 2.77 bits per heavy atom. The van der Waals surface area contributed by atoms with Gasteiger partial charge in [0.05, 0.1) is 31.0 Å². The van der Waals surface area contributed by atoms with Gasteiger partial charge in [0.25, 0.3) is 0 Å². The third-order valence-electron chi connectivity index (χ3n) is 6.57. The number of nitrogens with zero attached hydrogens (tertiary/aromatic N) is 6. The number of carboxylic acid groups (broad SMARTS) is 1. The molecule has 1 atom stereocenters. The first-order valence-electron chi connectivity index (χ1n) is 11.5.